The second-order valence-electron chi connectivity index (χ2n) is 3.55. The Bertz CT molecular complexity index is 329. The molecule has 1 aromatic rings. The van der Waals surface area contributed by atoms with Gasteiger partial charge in [0.15, 0.2) is 0 Å². The molecule has 1 rings (SSSR count). The van der Waals surface area contributed by atoms with E-state index in [4.69, 9.17) is 8.85 Å². The Labute approximate surface area is 97.6 Å². The Hall–Kier alpha value is -0.973. The minimum Gasteiger partial charge on any atom is -0.391 e. The molecule has 0 spiro atoms. The van der Waals surface area contributed by atoms with Gasteiger partial charge in [0.2, 0.25) is 0 Å². The third-order valence-corrected chi connectivity index (χ3v) is 5.47. The van der Waals surface area contributed by atoms with Crippen molar-refractivity contribution in [1.29, 1.82) is 0 Å². The van der Waals surface area contributed by atoms with Crippen LogP contribution in [-0.2, 0) is 8.85 Å². The van der Waals surface area contributed by atoms with Crippen LogP contribution in [0.15, 0.2) is 24.3 Å². The lowest BCUT2D eigenvalue weighted by Crippen LogP contribution is -2.51. The monoisotopic (exact) mass is 238 g/mol. The first-order valence-corrected chi connectivity index (χ1v) is 7.81. The van der Waals surface area contributed by atoms with Crippen LogP contribution < -0.4 is 5.19 Å². The van der Waals surface area contributed by atoms with E-state index in [1.165, 1.54) is 0 Å². The molecule has 0 aromatic heterocycles. The molecular weight excluding hydrogens is 220 g/mol. The van der Waals surface area contributed by atoms with E-state index in [2.05, 4.69) is 0 Å². The number of carbonyl (C=O) groups is 1. The van der Waals surface area contributed by atoms with Gasteiger partial charge in [0.1, 0.15) is 6.29 Å². The predicted octanol–water partition coefficient (Wildman–Crippen LogP) is 1.85. The van der Waals surface area contributed by atoms with Crippen molar-refractivity contribution in [3.63, 3.8) is 0 Å². The van der Waals surface area contributed by atoms with E-state index in [1.807, 2.05) is 32.5 Å². The summed E-state index contributed by atoms with van der Waals surface area (Å²) in [6.07, 6.45) is 0.837. The molecule has 0 saturated carbocycles. The van der Waals surface area contributed by atoms with E-state index in [1.54, 1.807) is 12.1 Å². The highest BCUT2D eigenvalue weighted by molar-refractivity contribution is 6.79. The molecule has 4 heteroatoms. The van der Waals surface area contributed by atoms with Crippen molar-refractivity contribution in [1.82, 2.24) is 0 Å². The molecule has 0 fully saturated rings. The number of hydrogen-bond acceptors (Lipinski definition) is 3. The lowest BCUT2D eigenvalue weighted by molar-refractivity contribution is 0.112. The van der Waals surface area contributed by atoms with E-state index in [0.717, 1.165) is 11.5 Å². The summed E-state index contributed by atoms with van der Waals surface area (Å²) in [6.45, 7) is 7.22. The highest BCUT2D eigenvalue weighted by Crippen LogP contribution is 2.08. The van der Waals surface area contributed by atoms with Gasteiger partial charge < -0.3 is 8.85 Å². The quantitative estimate of drug-likeness (QED) is 0.560. The molecule has 0 N–H and O–H groups in total. The summed E-state index contributed by atoms with van der Waals surface area (Å²) < 4.78 is 11.5. The number of hydrogen-bond donors (Lipinski definition) is 0. The SMILES string of the molecule is CCO[Si](C)(OCC)c1ccc(C=O)cc1. The molecule has 0 heterocycles. The lowest BCUT2D eigenvalue weighted by atomic mass is 10.2. The Morgan fingerprint density at radius 2 is 1.62 bits per heavy atom. The molecule has 0 atom stereocenters. The number of benzene rings is 1. The van der Waals surface area contributed by atoms with Crippen molar-refractivity contribution in [2.75, 3.05) is 13.2 Å². The summed E-state index contributed by atoms with van der Waals surface area (Å²) in [4.78, 5) is 10.6. The summed E-state index contributed by atoms with van der Waals surface area (Å²) in [5, 5.41) is 1.06. The van der Waals surface area contributed by atoms with Gasteiger partial charge in [0.05, 0.1) is 0 Å². The summed E-state index contributed by atoms with van der Waals surface area (Å²) >= 11 is 0. The first kappa shape index (κ1) is 13.1. The van der Waals surface area contributed by atoms with Crippen molar-refractivity contribution >= 4 is 20.0 Å². The fourth-order valence-corrected chi connectivity index (χ4v) is 3.91. The van der Waals surface area contributed by atoms with Gasteiger partial charge in [-0.05, 0) is 25.6 Å². The van der Waals surface area contributed by atoms with Crippen molar-refractivity contribution in [3.05, 3.63) is 29.8 Å². The predicted molar refractivity (Wildman–Crippen MR) is 66.3 cm³/mol. The van der Waals surface area contributed by atoms with Crippen LogP contribution in [-0.4, -0.2) is 28.1 Å². The average Bonchev–Trinajstić information content (AvgIpc) is 2.30. The molecule has 0 aliphatic carbocycles. The number of carbonyl (C=O) groups excluding carboxylic acids is 1. The van der Waals surface area contributed by atoms with Crippen molar-refractivity contribution in [2.24, 2.45) is 0 Å². The maximum Gasteiger partial charge on any atom is 0.369 e. The molecule has 0 aliphatic rings. The van der Waals surface area contributed by atoms with Crippen LogP contribution in [0.1, 0.15) is 24.2 Å². The molecule has 3 nitrogen and oxygen atoms in total. The normalized spacial score (nSPS) is 11.4. The van der Waals surface area contributed by atoms with E-state index < -0.39 is 8.56 Å². The largest absolute Gasteiger partial charge is 0.391 e. The van der Waals surface area contributed by atoms with Gasteiger partial charge in [-0.15, -0.1) is 0 Å². The highest BCUT2D eigenvalue weighted by atomic mass is 28.4. The molecular formula is C12H18O3Si. The van der Waals surface area contributed by atoms with Crippen LogP contribution >= 0.6 is 0 Å². The van der Waals surface area contributed by atoms with Crippen molar-refractivity contribution in [2.45, 2.75) is 20.4 Å². The van der Waals surface area contributed by atoms with Crippen molar-refractivity contribution in [3.8, 4) is 0 Å². The second-order valence-corrected chi connectivity index (χ2v) is 6.60. The van der Waals surface area contributed by atoms with E-state index in [0.29, 0.717) is 18.8 Å². The fourth-order valence-electron chi connectivity index (χ4n) is 1.62. The summed E-state index contributed by atoms with van der Waals surface area (Å²) in [5.41, 5.74) is 0.674. The highest BCUT2D eigenvalue weighted by Gasteiger charge is 2.33. The van der Waals surface area contributed by atoms with Gasteiger partial charge in [0, 0.05) is 18.8 Å². The third-order valence-electron chi connectivity index (χ3n) is 2.41. The minimum absolute atomic E-state index is 0.637. The minimum atomic E-state index is -2.28. The third kappa shape index (κ3) is 3.01. The fraction of sp³-hybridized carbons (Fsp3) is 0.417. The molecule has 88 valence electrons. The average molecular weight is 238 g/mol. The zero-order chi connectivity index (χ0) is 12.0. The van der Waals surface area contributed by atoms with Gasteiger partial charge in [-0.25, -0.2) is 0 Å². The Balaban J connectivity index is 2.95. The maximum atomic E-state index is 10.6. The standard InChI is InChI=1S/C12H18O3Si/c1-4-14-16(3,15-5-2)12-8-6-11(10-13)7-9-12/h6-10H,4-5H2,1-3H3. The molecule has 0 saturated heterocycles. The van der Waals surface area contributed by atoms with Gasteiger partial charge in [-0.3, -0.25) is 4.79 Å². The molecule has 16 heavy (non-hydrogen) atoms. The topological polar surface area (TPSA) is 35.5 Å². The Kier molecular flexibility index (Phi) is 4.86. The zero-order valence-corrected chi connectivity index (χ0v) is 11.0. The van der Waals surface area contributed by atoms with Gasteiger partial charge in [0.25, 0.3) is 0 Å². The van der Waals surface area contributed by atoms with E-state index in [9.17, 15) is 4.79 Å². The molecule has 0 unspecified atom stereocenters. The van der Waals surface area contributed by atoms with Gasteiger partial charge in [-0.1, -0.05) is 24.3 Å². The molecule has 0 bridgehead atoms. The first-order valence-electron chi connectivity index (χ1n) is 5.50. The Morgan fingerprint density at radius 1 is 1.12 bits per heavy atom. The van der Waals surface area contributed by atoms with Crippen molar-refractivity contribution < 1.29 is 13.6 Å². The molecule has 1 aromatic carbocycles. The summed E-state index contributed by atoms with van der Waals surface area (Å²) in [7, 11) is -2.28. The molecule has 0 amide bonds. The van der Waals surface area contributed by atoms with Gasteiger partial charge >= 0.3 is 8.56 Å². The van der Waals surface area contributed by atoms with E-state index in [-0.39, 0.29) is 0 Å². The zero-order valence-electron chi connectivity index (χ0n) is 10.0. The van der Waals surface area contributed by atoms with Crippen LogP contribution in [0.4, 0.5) is 0 Å². The van der Waals surface area contributed by atoms with Crippen LogP contribution in [0.5, 0.6) is 0 Å². The summed E-state index contributed by atoms with van der Waals surface area (Å²) in [5.74, 6) is 0. The number of aldehydes is 1. The lowest BCUT2D eigenvalue weighted by Gasteiger charge is -2.26. The first-order chi connectivity index (χ1) is 7.66. The van der Waals surface area contributed by atoms with Gasteiger partial charge in [-0.2, -0.15) is 0 Å². The van der Waals surface area contributed by atoms with Crippen LogP contribution in [0.2, 0.25) is 6.55 Å². The maximum absolute atomic E-state index is 10.6. The number of rotatable bonds is 6. The Morgan fingerprint density at radius 3 is 2.00 bits per heavy atom. The molecule has 0 radical (unpaired) electrons. The smallest absolute Gasteiger partial charge is 0.369 e. The van der Waals surface area contributed by atoms with Crippen LogP contribution in [0, 0.1) is 0 Å². The second kappa shape index (κ2) is 5.93. The summed E-state index contributed by atoms with van der Waals surface area (Å²) in [6, 6.07) is 7.43. The van der Waals surface area contributed by atoms with E-state index >= 15 is 0 Å². The van der Waals surface area contributed by atoms with Crippen LogP contribution in [0.3, 0.4) is 0 Å². The molecule has 0 aliphatic heterocycles. The van der Waals surface area contributed by atoms with Crippen LogP contribution in [0.25, 0.3) is 0 Å².